The number of ether oxygens (including phenoxy) is 1. The Morgan fingerprint density at radius 3 is 2.67 bits per heavy atom. The van der Waals surface area contributed by atoms with E-state index in [0.29, 0.717) is 19.1 Å². The molecule has 7 nitrogen and oxygen atoms in total. The molecule has 0 saturated carbocycles. The average molecular weight is 369 g/mol. The van der Waals surface area contributed by atoms with Crippen molar-refractivity contribution in [3.8, 4) is 0 Å². The van der Waals surface area contributed by atoms with Gasteiger partial charge in [0, 0.05) is 43.7 Å². The molecule has 4 heterocycles. The number of aryl methyl sites for hydroxylation is 1. The van der Waals surface area contributed by atoms with Gasteiger partial charge in [0.1, 0.15) is 5.82 Å². The fourth-order valence-corrected chi connectivity index (χ4v) is 4.17. The molecule has 27 heavy (non-hydrogen) atoms. The maximum absolute atomic E-state index is 12.9. The van der Waals surface area contributed by atoms with E-state index in [2.05, 4.69) is 20.9 Å². The maximum atomic E-state index is 12.9. The molecule has 7 heteroatoms. The van der Waals surface area contributed by atoms with Crippen LogP contribution in [0, 0.1) is 6.92 Å². The van der Waals surface area contributed by atoms with Crippen LogP contribution in [0.4, 0.5) is 0 Å². The van der Waals surface area contributed by atoms with Crippen LogP contribution in [0.3, 0.4) is 0 Å². The summed E-state index contributed by atoms with van der Waals surface area (Å²) >= 11 is 0. The van der Waals surface area contributed by atoms with Gasteiger partial charge in [0.05, 0.1) is 24.9 Å². The van der Waals surface area contributed by atoms with E-state index in [9.17, 15) is 4.79 Å². The second-order valence-electron chi connectivity index (χ2n) is 7.45. The van der Waals surface area contributed by atoms with Gasteiger partial charge in [-0.3, -0.25) is 9.69 Å². The minimum Gasteiger partial charge on any atom is -0.379 e. The largest absolute Gasteiger partial charge is 0.379 e. The number of hydrogen-bond acceptors (Lipinski definition) is 6. The predicted octanol–water partition coefficient (Wildman–Crippen LogP) is 1.76. The SMILES string of the molecule is Cc1nc(C2CCN(C(=O)C(C)N3CCOCC3)CC2)c2cccnc2n1. The van der Waals surface area contributed by atoms with Gasteiger partial charge in [-0.05, 0) is 38.8 Å². The lowest BCUT2D eigenvalue weighted by molar-refractivity contribution is -0.139. The standard InChI is InChI=1S/C20H27N5O2/c1-14(24-10-12-27-13-11-24)20(26)25-8-5-16(6-9-25)18-17-4-3-7-21-19(17)23-15(2)22-18/h3-4,7,14,16H,5-6,8-13H2,1-2H3. The molecule has 1 amide bonds. The molecular weight excluding hydrogens is 342 g/mol. The molecule has 0 bridgehead atoms. The highest BCUT2D eigenvalue weighted by atomic mass is 16.5. The highest BCUT2D eigenvalue weighted by molar-refractivity contribution is 5.82. The number of rotatable bonds is 3. The molecule has 0 aromatic carbocycles. The molecule has 2 saturated heterocycles. The summed E-state index contributed by atoms with van der Waals surface area (Å²) < 4.78 is 5.40. The minimum absolute atomic E-state index is 0.0724. The quantitative estimate of drug-likeness (QED) is 0.821. The van der Waals surface area contributed by atoms with Gasteiger partial charge >= 0.3 is 0 Å². The summed E-state index contributed by atoms with van der Waals surface area (Å²) in [5, 5.41) is 1.04. The van der Waals surface area contributed by atoms with Crippen molar-refractivity contribution in [2.24, 2.45) is 0 Å². The highest BCUT2D eigenvalue weighted by Crippen LogP contribution is 2.31. The second kappa shape index (κ2) is 7.86. The number of nitrogens with zero attached hydrogens (tertiary/aromatic N) is 5. The Morgan fingerprint density at radius 2 is 1.93 bits per heavy atom. The van der Waals surface area contributed by atoms with Crippen molar-refractivity contribution in [2.75, 3.05) is 39.4 Å². The van der Waals surface area contributed by atoms with Crippen LogP contribution in [0.5, 0.6) is 0 Å². The van der Waals surface area contributed by atoms with E-state index in [1.165, 1.54) is 0 Å². The smallest absolute Gasteiger partial charge is 0.239 e. The third-order valence-electron chi connectivity index (χ3n) is 5.76. The van der Waals surface area contributed by atoms with E-state index in [1.54, 1.807) is 6.20 Å². The average Bonchev–Trinajstić information content (AvgIpc) is 2.73. The molecule has 2 aliphatic rings. The number of likely N-dealkylation sites (tertiary alicyclic amines) is 1. The first-order valence-corrected chi connectivity index (χ1v) is 9.83. The molecular formula is C20H27N5O2. The summed E-state index contributed by atoms with van der Waals surface area (Å²) in [5.74, 6) is 1.34. The molecule has 0 radical (unpaired) electrons. The van der Waals surface area contributed by atoms with Crippen molar-refractivity contribution in [1.29, 1.82) is 0 Å². The Kier molecular flexibility index (Phi) is 5.31. The summed E-state index contributed by atoms with van der Waals surface area (Å²) in [7, 11) is 0. The van der Waals surface area contributed by atoms with Gasteiger partial charge in [0.15, 0.2) is 5.65 Å². The van der Waals surface area contributed by atoms with Crippen LogP contribution in [0.1, 0.15) is 37.2 Å². The molecule has 2 fully saturated rings. The number of piperidine rings is 1. The van der Waals surface area contributed by atoms with Crippen LogP contribution in [0.25, 0.3) is 11.0 Å². The Balaban J connectivity index is 1.44. The van der Waals surface area contributed by atoms with E-state index in [1.807, 2.05) is 24.8 Å². The van der Waals surface area contributed by atoms with E-state index in [0.717, 1.165) is 61.6 Å². The lowest BCUT2D eigenvalue weighted by Gasteiger charge is -2.37. The molecule has 0 N–H and O–H groups in total. The van der Waals surface area contributed by atoms with Crippen LogP contribution in [-0.4, -0.2) is 76.1 Å². The second-order valence-corrected chi connectivity index (χ2v) is 7.45. The number of carbonyl (C=O) groups excluding carboxylic acids is 1. The third kappa shape index (κ3) is 3.80. The lowest BCUT2D eigenvalue weighted by Crippen LogP contribution is -2.52. The first-order valence-electron chi connectivity index (χ1n) is 9.83. The van der Waals surface area contributed by atoms with Crippen molar-refractivity contribution in [1.82, 2.24) is 24.8 Å². The fraction of sp³-hybridized carbons (Fsp3) is 0.600. The van der Waals surface area contributed by atoms with Gasteiger partial charge < -0.3 is 9.64 Å². The van der Waals surface area contributed by atoms with Crippen LogP contribution in [0.15, 0.2) is 18.3 Å². The van der Waals surface area contributed by atoms with Crippen molar-refractivity contribution < 1.29 is 9.53 Å². The summed E-state index contributed by atoms with van der Waals surface area (Å²) in [6.07, 6.45) is 3.64. The van der Waals surface area contributed by atoms with E-state index < -0.39 is 0 Å². The monoisotopic (exact) mass is 369 g/mol. The zero-order valence-corrected chi connectivity index (χ0v) is 16.1. The first-order chi connectivity index (χ1) is 13.1. The van der Waals surface area contributed by atoms with Gasteiger partial charge in [-0.2, -0.15) is 0 Å². The van der Waals surface area contributed by atoms with Gasteiger partial charge in [-0.1, -0.05) is 0 Å². The van der Waals surface area contributed by atoms with Crippen molar-refractivity contribution in [3.63, 3.8) is 0 Å². The molecule has 4 rings (SSSR count). The van der Waals surface area contributed by atoms with Gasteiger partial charge in [-0.15, -0.1) is 0 Å². The number of carbonyl (C=O) groups is 1. The molecule has 144 valence electrons. The minimum atomic E-state index is -0.0724. The van der Waals surface area contributed by atoms with Crippen molar-refractivity contribution >= 4 is 16.9 Å². The Bertz CT molecular complexity index is 813. The number of pyridine rings is 1. The highest BCUT2D eigenvalue weighted by Gasteiger charge is 2.31. The van der Waals surface area contributed by atoms with Crippen molar-refractivity contribution in [2.45, 2.75) is 38.6 Å². The molecule has 1 atom stereocenters. The fourth-order valence-electron chi connectivity index (χ4n) is 4.17. The van der Waals surface area contributed by atoms with Crippen LogP contribution in [0.2, 0.25) is 0 Å². The lowest BCUT2D eigenvalue weighted by atomic mass is 9.91. The number of amides is 1. The van der Waals surface area contributed by atoms with E-state index >= 15 is 0 Å². The maximum Gasteiger partial charge on any atom is 0.239 e. The topological polar surface area (TPSA) is 71.5 Å². The van der Waals surface area contributed by atoms with Gasteiger partial charge in [-0.25, -0.2) is 15.0 Å². The van der Waals surface area contributed by atoms with Crippen LogP contribution in [-0.2, 0) is 9.53 Å². The number of fused-ring (bicyclic) bond motifs is 1. The Labute approximate surface area is 159 Å². The number of hydrogen-bond donors (Lipinski definition) is 0. The van der Waals surface area contributed by atoms with E-state index in [-0.39, 0.29) is 11.9 Å². The molecule has 2 aromatic heterocycles. The summed E-state index contributed by atoms with van der Waals surface area (Å²) in [5.41, 5.74) is 1.85. The summed E-state index contributed by atoms with van der Waals surface area (Å²) in [6.45, 7) is 8.60. The molecule has 1 unspecified atom stereocenters. The molecule has 2 aliphatic heterocycles. The zero-order chi connectivity index (χ0) is 18.8. The van der Waals surface area contributed by atoms with Gasteiger partial charge in [0.25, 0.3) is 0 Å². The van der Waals surface area contributed by atoms with Crippen LogP contribution < -0.4 is 0 Å². The Morgan fingerprint density at radius 1 is 1.19 bits per heavy atom. The van der Waals surface area contributed by atoms with Gasteiger partial charge in [0.2, 0.25) is 5.91 Å². The Hall–Kier alpha value is -2.12. The third-order valence-corrected chi connectivity index (χ3v) is 5.76. The molecule has 2 aromatic rings. The zero-order valence-electron chi connectivity index (χ0n) is 16.1. The predicted molar refractivity (Wildman–Crippen MR) is 102 cm³/mol. The number of aromatic nitrogens is 3. The van der Waals surface area contributed by atoms with Crippen LogP contribution >= 0.6 is 0 Å². The summed E-state index contributed by atoms with van der Waals surface area (Å²) in [6, 6.07) is 3.92. The molecule has 0 spiro atoms. The van der Waals surface area contributed by atoms with E-state index in [4.69, 9.17) is 9.72 Å². The summed E-state index contributed by atoms with van der Waals surface area (Å²) in [4.78, 5) is 30.7. The normalized spacial score (nSPS) is 20.7. The molecule has 0 aliphatic carbocycles. The first kappa shape index (κ1) is 18.3. The number of morpholine rings is 1. The van der Waals surface area contributed by atoms with Crippen molar-refractivity contribution in [3.05, 3.63) is 29.8 Å².